The summed E-state index contributed by atoms with van der Waals surface area (Å²) in [4.78, 5) is 29.3. The fraction of sp³-hybridized carbons (Fsp3) is 0.286. The number of rotatable bonds is 8. The van der Waals surface area contributed by atoms with E-state index in [4.69, 9.17) is 16.3 Å². The van der Waals surface area contributed by atoms with Gasteiger partial charge in [-0.15, -0.1) is 5.10 Å². The Labute approximate surface area is 235 Å². The number of H-pyrrole nitrogens is 1. The lowest BCUT2D eigenvalue weighted by Crippen LogP contribution is -2.53. The average Bonchev–Trinajstić information content (AvgIpc) is 3.62. The second-order valence-corrected chi connectivity index (χ2v) is 10.5. The van der Waals surface area contributed by atoms with Crippen LogP contribution in [0.3, 0.4) is 0 Å². The van der Waals surface area contributed by atoms with Crippen LogP contribution >= 0.6 is 11.6 Å². The van der Waals surface area contributed by atoms with Gasteiger partial charge in [0.05, 0.1) is 41.9 Å². The van der Waals surface area contributed by atoms with Crippen LogP contribution in [0.4, 0.5) is 5.69 Å². The smallest absolute Gasteiger partial charge is 0.274 e. The minimum absolute atomic E-state index is 0.114. The Balaban J connectivity index is 1.18. The van der Waals surface area contributed by atoms with E-state index >= 15 is 0 Å². The highest BCUT2D eigenvalue weighted by atomic mass is 35.5. The second-order valence-electron chi connectivity index (χ2n) is 10.1. The molecule has 3 N–H and O–H groups in total. The first-order chi connectivity index (χ1) is 19.4. The van der Waals surface area contributed by atoms with Gasteiger partial charge < -0.3 is 15.4 Å². The monoisotopic (exact) mass is 558 g/mol. The SMILES string of the molecule is C=CC(=O)N[C@@H]1CC(n2cc(-c3ccc(NC(=O)c4cccc(-c5[nH]ncc5Cl)n4)c(OC)c3)nn2)C2CC1C2. The fourth-order valence-corrected chi connectivity index (χ4v) is 5.79. The molecule has 3 aliphatic carbocycles. The molecular weight excluding hydrogens is 532 g/mol. The number of anilines is 1. The van der Waals surface area contributed by atoms with Crippen molar-refractivity contribution >= 4 is 29.1 Å². The van der Waals surface area contributed by atoms with Gasteiger partial charge >= 0.3 is 0 Å². The first-order valence-corrected chi connectivity index (χ1v) is 13.3. The van der Waals surface area contributed by atoms with Gasteiger partial charge in [0.2, 0.25) is 5.91 Å². The van der Waals surface area contributed by atoms with Crippen molar-refractivity contribution in [2.45, 2.75) is 31.3 Å². The van der Waals surface area contributed by atoms with Crippen LogP contribution in [-0.4, -0.2) is 55.1 Å². The number of hydrogen-bond acceptors (Lipinski definition) is 7. The van der Waals surface area contributed by atoms with E-state index in [1.807, 2.05) is 23.0 Å². The molecule has 4 aromatic rings. The van der Waals surface area contributed by atoms with Gasteiger partial charge in [0.1, 0.15) is 22.8 Å². The van der Waals surface area contributed by atoms with Crippen LogP contribution in [0.25, 0.3) is 22.6 Å². The standard InChI is InChI=1S/C28H27ClN8O3/c1-3-26(38)32-22-12-24(17-9-16(22)10-17)37-14-23(34-36-37)15-7-8-19(25(11-15)40-2)33-28(39)21-6-4-5-20(31-21)27-18(29)13-30-35-27/h3-8,11,13-14,16-17,22,24H,1,9-10,12H2,2H3,(H,30,35)(H,32,38)(H,33,39)/t16?,17?,22-,24?/m1/s1. The van der Waals surface area contributed by atoms with Crippen LogP contribution < -0.4 is 15.4 Å². The Bertz CT molecular complexity index is 1590. The third-order valence-corrected chi connectivity index (χ3v) is 8.05. The van der Waals surface area contributed by atoms with Crippen molar-refractivity contribution in [3.05, 3.63) is 72.2 Å². The molecule has 12 heteroatoms. The number of fused-ring (bicyclic) bond motifs is 2. The highest BCUT2D eigenvalue weighted by molar-refractivity contribution is 6.32. The summed E-state index contributed by atoms with van der Waals surface area (Å²) in [6, 6.07) is 10.8. The zero-order chi connectivity index (χ0) is 27.8. The maximum Gasteiger partial charge on any atom is 0.274 e. The zero-order valence-corrected chi connectivity index (χ0v) is 22.4. The summed E-state index contributed by atoms with van der Waals surface area (Å²) in [5, 5.41) is 21.9. The summed E-state index contributed by atoms with van der Waals surface area (Å²) >= 11 is 6.15. The number of hydrogen-bond donors (Lipinski definition) is 3. The minimum atomic E-state index is -0.399. The van der Waals surface area contributed by atoms with Gasteiger partial charge in [-0.2, -0.15) is 5.10 Å². The Morgan fingerprint density at radius 2 is 2.02 bits per heavy atom. The number of methoxy groups -OCH3 is 1. The van der Waals surface area contributed by atoms with Gasteiger partial charge in [0.25, 0.3) is 5.91 Å². The largest absolute Gasteiger partial charge is 0.495 e. The molecule has 3 fully saturated rings. The molecule has 7 rings (SSSR count). The highest BCUT2D eigenvalue weighted by Gasteiger charge is 2.47. The first-order valence-electron chi connectivity index (χ1n) is 12.9. The van der Waals surface area contributed by atoms with E-state index in [9.17, 15) is 9.59 Å². The van der Waals surface area contributed by atoms with Crippen molar-refractivity contribution in [1.29, 1.82) is 0 Å². The van der Waals surface area contributed by atoms with Crippen molar-refractivity contribution in [3.8, 4) is 28.4 Å². The molecule has 3 heterocycles. The average molecular weight is 559 g/mol. The lowest BCUT2D eigenvalue weighted by atomic mass is 9.60. The third kappa shape index (κ3) is 4.84. The predicted octanol–water partition coefficient (Wildman–Crippen LogP) is 4.29. The molecule has 2 bridgehead atoms. The fourth-order valence-electron chi connectivity index (χ4n) is 5.60. The molecule has 0 spiro atoms. The van der Waals surface area contributed by atoms with Crippen LogP contribution in [-0.2, 0) is 4.79 Å². The molecule has 0 aliphatic heterocycles. The number of amides is 2. The molecule has 40 heavy (non-hydrogen) atoms. The summed E-state index contributed by atoms with van der Waals surface area (Å²) in [6.45, 7) is 3.56. The van der Waals surface area contributed by atoms with Crippen molar-refractivity contribution in [3.63, 3.8) is 0 Å². The summed E-state index contributed by atoms with van der Waals surface area (Å²) < 4.78 is 7.49. The molecule has 204 valence electrons. The Morgan fingerprint density at radius 1 is 1.18 bits per heavy atom. The van der Waals surface area contributed by atoms with Gasteiger partial charge in [0.15, 0.2) is 0 Å². The molecule has 3 saturated carbocycles. The van der Waals surface area contributed by atoms with Crippen LogP contribution in [0.5, 0.6) is 5.75 Å². The van der Waals surface area contributed by atoms with Crippen molar-refractivity contribution < 1.29 is 14.3 Å². The number of ether oxygens (including phenoxy) is 1. The van der Waals surface area contributed by atoms with E-state index < -0.39 is 5.91 Å². The quantitative estimate of drug-likeness (QED) is 0.274. The summed E-state index contributed by atoms with van der Waals surface area (Å²) in [5.74, 6) is 0.975. The number of carbonyl (C=O) groups is 2. The number of nitrogens with one attached hydrogen (secondary N) is 3. The summed E-state index contributed by atoms with van der Waals surface area (Å²) in [5.41, 5.74) is 3.23. The third-order valence-electron chi connectivity index (χ3n) is 7.76. The summed E-state index contributed by atoms with van der Waals surface area (Å²) in [6.07, 6.45) is 7.67. The molecular formula is C28H27ClN8O3. The van der Waals surface area contributed by atoms with Crippen LogP contribution in [0, 0.1) is 11.8 Å². The first kappa shape index (κ1) is 25.8. The molecule has 3 aromatic heterocycles. The van der Waals surface area contributed by atoms with E-state index in [0.717, 1.165) is 24.8 Å². The van der Waals surface area contributed by atoms with E-state index in [0.29, 0.717) is 45.4 Å². The molecule has 2 amide bonds. The molecule has 0 saturated heterocycles. The number of nitrogens with zero attached hydrogens (tertiary/aromatic N) is 5. The van der Waals surface area contributed by atoms with Crippen LogP contribution in [0.1, 0.15) is 35.8 Å². The number of pyridine rings is 1. The Kier molecular flexibility index (Phi) is 6.81. The van der Waals surface area contributed by atoms with E-state index in [-0.39, 0.29) is 23.7 Å². The minimum Gasteiger partial charge on any atom is -0.495 e. The summed E-state index contributed by atoms with van der Waals surface area (Å²) in [7, 11) is 1.54. The molecule has 3 aliphatic rings. The Morgan fingerprint density at radius 3 is 2.77 bits per heavy atom. The zero-order valence-electron chi connectivity index (χ0n) is 21.7. The molecule has 0 radical (unpaired) electrons. The number of carbonyl (C=O) groups excluding carboxylic acids is 2. The van der Waals surface area contributed by atoms with Gasteiger partial charge in [0, 0.05) is 11.6 Å². The van der Waals surface area contributed by atoms with Gasteiger partial charge in [-0.25, -0.2) is 9.67 Å². The van der Waals surface area contributed by atoms with Gasteiger partial charge in [-0.3, -0.25) is 14.7 Å². The van der Waals surface area contributed by atoms with E-state index in [1.165, 1.54) is 19.4 Å². The molecule has 1 aromatic carbocycles. The Hall–Kier alpha value is -4.51. The number of benzene rings is 1. The maximum atomic E-state index is 13.0. The topological polar surface area (TPSA) is 140 Å². The number of aromatic nitrogens is 6. The number of halogens is 1. The van der Waals surface area contributed by atoms with E-state index in [1.54, 1.807) is 24.3 Å². The lowest BCUT2D eigenvalue weighted by Gasteiger charge is -2.51. The normalized spacial score (nSPS) is 21.2. The van der Waals surface area contributed by atoms with Crippen molar-refractivity contribution in [2.24, 2.45) is 11.8 Å². The molecule has 11 nitrogen and oxygen atoms in total. The highest BCUT2D eigenvalue weighted by Crippen LogP contribution is 2.51. The molecule has 1 unspecified atom stereocenters. The van der Waals surface area contributed by atoms with Crippen molar-refractivity contribution in [2.75, 3.05) is 12.4 Å². The predicted molar refractivity (Wildman–Crippen MR) is 149 cm³/mol. The van der Waals surface area contributed by atoms with Crippen LogP contribution in [0.2, 0.25) is 5.02 Å². The van der Waals surface area contributed by atoms with Crippen molar-refractivity contribution in [1.82, 2.24) is 35.5 Å². The lowest BCUT2D eigenvalue weighted by molar-refractivity contribution is -0.119. The van der Waals surface area contributed by atoms with Gasteiger partial charge in [-0.1, -0.05) is 35.5 Å². The molecule has 2 atom stereocenters. The maximum absolute atomic E-state index is 13.0. The van der Waals surface area contributed by atoms with Gasteiger partial charge in [-0.05, 0) is 61.4 Å². The number of aromatic amines is 1. The second kappa shape index (κ2) is 10.6. The van der Waals surface area contributed by atoms with E-state index in [2.05, 4.69) is 42.7 Å². The van der Waals surface area contributed by atoms with Crippen LogP contribution in [0.15, 0.2) is 61.4 Å².